The Morgan fingerprint density at radius 1 is 1.08 bits per heavy atom. The monoisotopic (exact) mass is 182 g/mol. The summed E-state index contributed by atoms with van der Waals surface area (Å²) in [5.41, 5.74) is 0. The second-order valence-corrected chi connectivity index (χ2v) is 4.52. The topological polar surface area (TPSA) is 24.1 Å². The normalized spacial score (nSPS) is 30.0. The van der Waals surface area contributed by atoms with Crippen LogP contribution < -0.4 is 10.6 Å². The first-order chi connectivity index (χ1) is 6.45. The molecule has 1 aliphatic carbocycles. The van der Waals surface area contributed by atoms with Crippen LogP contribution in [0.4, 0.5) is 0 Å². The molecule has 1 atom stereocenters. The lowest BCUT2D eigenvalue weighted by Crippen LogP contribution is -2.31. The van der Waals surface area contributed by atoms with Crippen LogP contribution in [0.15, 0.2) is 0 Å². The van der Waals surface area contributed by atoms with Gasteiger partial charge in [0.15, 0.2) is 0 Å². The molecule has 2 aliphatic rings. The van der Waals surface area contributed by atoms with E-state index in [9.17, 15) is 0 Å². The van der Waals surface area contributed by atoms with Crippen molar-refractivity contribution in [2.75, 3.05) is 13.1 Å². The van der Waals surface area contributed by atoms with Gasteiger partial charge in [0, 0.05) is 12.1 Å². The summed E-state index contributed by atoms with van der Waals surface area (Å²) in [6, 6.07) is 1.66. The van der Waals surface area contributed by atoms with Gasteiger partial charge in [-0.1, -0.05) is 12.8 Å². The van der Waals surface area contributed by atoms with Crippen LogP contribution in [0.25, 0.3) is 0 Å². The van der Waals surface area contributed by atoms with Crippen molar-refractivity contribution in [3.8, 4) is 0 Å². The molecular formula is C11H22N2. The first kappa shape index (κ1) is 9.47. The minimum absolute atomic E-state index is 0.814. The van der Waals surface area contributed by atoms with Crippen molar-refractivity contribution in [3.05, 3.63) is 0 Å². The third kappa shape index (κ3) is 2.96. The molecule has 1 unspecified atom stereocenters. The van der Waals surface area contributed by atoms with Gasteiger partial charge in [0.25, 0.3) is 0 Å². The van der Waals surface area contributed by atoms with Gasteiger partial charge in [0.05, 0.1) is 0 Å². The molecule has 2 heteroatoms. The Kier molecular flexibility index (Phi) is 3.62. The van der Waals surface area contributed by atoms with E-state index in [0.717, 1.165) is 12.1 Å². The molecule has 2 N–H and O–H groups in total. The Morgan fingerprint density at radius 3 is 2.62 bits per heavy atom. The minimum Gasteiger partial charge on any atom is -0.314 e. The van der Waals surface area contributed by atoms with Crippen molar-refractivity contribution in [3.63, 3.8) is 0 Å². The molecule has 1 saturated heterocycles. The molecule has 2 fully saturated rings. The quantitative estimate of drug-likeness (QED) is 0.691. The highest BCUT2D eigenvalue weighted by Crippen LogP contribution is 2.17. The maximum atomic E-state index is 3.67. The molecule has 1 aliphatic heterocycles. The highest BCUT2D eigenvalue weighted by Gasteiger charge is 2.16. The van der Waals surface area contributed by atoms with Crippen molar-refractivity contribution < 1.29 is 0 Å². The van der Waals surface area contributed by atoms with Crippen molar-refractivity contribution >= 4 is 0 Å². The molecule has 2 rings (SSSR count). The predicted octanol–water partition coefficient (Wildman–Crippen LogP) is 1.66. The fourth-order valence-electron chi connectivity index (χ4n) is 2.59. The van der Waals surface area contributed by atoms with Crippen molar-refractivity contribution in [1.82, 2.24) is 10.6 Å². The van der Waals surface area contributed by atoms with Gasteiger partial charge in [0.2, 0.25) is 0 Å². The van der Waals surface area contributed by atoms with Crippen molar-refractivity contribution in [2.24, 2.45) is 0 Å². The molecule has 76 valence electrons. The number of rotatable bonds is 4. The van der Waals surface area contributed by atoms with Crippen LogP contribution in [-0.2, 0) is 0 Å². The second kappa shape index (κ2) is 4.97. The zero-order valence-corrected chi connectivity index (χ0v) is 8.52. The van der Waals surface area contributed by atoms with E-state index in [0.29, 0.717) is 0 Å². The summed E-state index contributed by atoms with van der Waals surface area (Å²) in [4.78, 5) is 0. The van der Waals surface area contributed by atoms with Crippen molar-refractivity contribution in [2.45, 2.75) is 57.0 Å². The van der Waals surface area contributed by atoms with Crippen LogP contribution in [-0.4, -0.2) is 25.2 Å². The number of nitrogens with one attached hydrogen (secondary N) is 2. The Labute approximate surface area is 81.5 Å². The fourth-order valence-corrected chi connectivity index (χ4v) is 2.59. The largest absolute Gasteiger partial charge is 0.314 e. The zero-order valence-electron chi connectivity index (χ0n) is 8.52. The summed E-state index contributed by atoms with van der Waals surface area (Å²) in [6.45, 7) is 2.47. The Hall–Kier alpha value is -0.0800. The molecule has 0 bridgehead atoms. The van der Waals surface area contributed by atoms with Crippen LogP contribution >= 0.6 is 0 Å². The molecule has 13 heavy (non-hydrogen) atoms. The first-order valence-corrected chi connectivity index (χ1v) is 5.92. The van der Waals surface area contributed by atoms with E-state index in [1.54, 1.807) is 0 Å². The maximum Gasteiger partial charge on any atom is 0.00796 e. The van der Waals surface area contributed by atoms with E-state index in [2.05, 4.69) is 10.6 Å². The fraction of sp³-hybridized carbons (Fsp3) is 1.00. The second-order valence-electron chi connectivity index (χ2n) is 4.52. The molecule has 1 heterocycles. The molecule has 0 aromatic heterocycles. The zero-order chi connectivity index (χ0) is 8.93. The van der Waals surface area contributed by atoms with Crippen LogP contribution in [0.3, 0.4) is 0 Å². The lowest BCUT2D eigenvalue weighted by Gasteiger charge is -2.14. The van der Waals surface area contributed by atoms with Crippen LogP contribution in [0.5, 0.6) is 0 Å². The molecular weight excluding hydrogens is 160 g/mol. The van der Waals surface area contributed by atoms with E-state index in [1.807, 2.05) is 0 Å². The van der Waals surface area contributed by atoms with Gasteiger partial charge in [-0.3, -0.25) is 0 Å². The lowest BCUT2D eigenvalue weighted by atomic mass is 10.1. The van der Waals surface area contributed by atoms with E-state index in [1.165, 1.54) is 58.0 Å². The van der Waals surface area contributed by atoms with Gasteiger partial charge in [-0.25, -0.2) is 0 Å². The van der Waals surface area contributed by atoms with Crippen LogP contribution in [0.1, 0.15) is 44.9 Å². The summed E-state index contributed by atoms with van der Waals surface area (Å²) < 4.78 is 0. The van der Waals surface area contributed by atoms with Crippen LogP contribution in [0.2, 0.25) is 0 Å². The van der Waals surface area contributed by atoms with E-state index in [4.69, 9.17) is 0 Å². The van der Waals surface area contributed by atoms with Gasteiger partial charge >= 0.3 is 0 Å². The summed E-state index contributed by atoms with van der Waals surface area (Å²) in [5, 5.41) is 7.21. The summed E-state index contributed by atoms with van der Waals surface area (Å²) >= 11 is 0. The summed E-state index contributed by atoms with van der Waals surface area (Å²) in [5.74, 6) is 0. The lowest BCUT2D eigenvalue weighted by molar-refractivity contribution is 0.470. The molecule has 2 nitrogen and oxygen atoms in total. The first-order valence-electron chi connectivity index (χ1n) is 5.92. The van der Waals surface area contributed by atoms with E-state index in [-0.39, 0.29) is 0 Å². The standard InChI is InChI=1S/C11H22N2/c1-2-5-10(4-1)13-9-7-11-6-3-8-12-11/h10-13H,1-9H2. The van der Waals surface area contributed by atoms with Gasteiger partial charge in [-0.05, 0) is 45.2 Å². The highest BCUT2D eigenvalue weighted by atomic mass is 15.0. The molecule has 0 aromatic carbocycles. The Morgan fingerprint density at radius 2 is 1.92 bits per heavy atom. The van der Waals surface area contributed by atoms with Gasteiger partial charge in [0.1, 0.15) is 0 Å². The minimum atomic E-state index is 0.814. The Bertz CT molecular complexity index is 119. The molecule has 0 aromatic rings. The van der Waals surface area contributed by atoms with E-state index >= 15 is 0 Å². The summed E-state index contributed by atoms with van der Waals surface area (Å²) in [7, 11) is 0. The summed E-state index contributed by atoms with van der Waals surface area (Å²) in [6.07, 6.45) is 9.83. The smallest absolute Gasteiger partial charge is 0.00796 e. The molecule has 0 radical (unpaired) electrons. The third-order valence-electron chi connectivity index (χ3n) is 3.44. The SMILES string of the molecule is C1CCC(NCCC2CCCN2)C1. The average molecular weight is 182 g/mol. The maximum absolute atomic E-state index is 3.67. The Balaban J connectivity index is 1.52. The third-order valence-corrected chi connectivity index (χ3v) is 3.44. The predicted molar refractivity (Wildman–Crippen MR) is 55.9 cm³/mol. The number of hydrogen-bond donors (Lipinski definition) is 2. The van der Waals surface area contributed by atoms with Gasteiger partial charge < -0.3 is 10.6 Å². The van der Waals surface area contributed by atoms with Gasteiger partial charge in [-0.15, -0.1) is 0 Å². The van der Waals surface area contributed by atoms with Crippen LogP contribution in [0, 0.1) is 0 Å². The average Bonchev–Trinajstić information content (AvgIpc) is 2.75. The van der Waals surface area contributed by atoms with Gasteiger partial charge in [-0.2, -0.15) is 0 Å². The molecule has 0 amide bonds. The highest BCUT2D eigenvalue weighted by molar-refractivity contribution is 4.77. The molecule has 1 saturated carbocycles. The van der Waals surface area contributed by atoms with E-state index < -0.39 is 0 Å². The van der Waals surface area contributed by atoms with Crippen molar-refractivity contribution in [1.29, 1.82) is 0 Å². The molecule has 0 spiro atoms. The number of hydrogen-bond acceptors (Lipinski definition) is 2.